The predicted octanol–water partition coefficient (Wildman–Crippen LogP) is 0.201. The first-order valence-corrected chi connectivity index (χ1v) is 11.1. The van der Waals surface area contributed by atoms with E-state index in [0.717, 1.165) is 28.3 Å². The van der Waals surface area contributed by atoms with Gasteiger partial charge in [-0.05, 0) is 20.8 Å². The van der Waals surface area contributed by atoms with Crippen LogP contribution in [0.1, 0.15) is 20.8 Å². The van der Waals surface area contributed by atoms with Crippen molar-refractivity contribution in [2.75, 3.05) is 31.3 Å². The molecule has 0 aliphatic rings. The molecule has 3 aromatic rings. The number of aliphatic carboxylic acids is 1. The van der Waals surface area contributed by atoms with Crippen LogP contribution in [0.25, 0.3) is 22.5 Å². The third-order valence-corrected chi connectivity index (χ3v) is 5.08. The van der Waals surface area contributed by atoms with E-state index < -0.39 is 12.6 Å². The average molecular weight is 472 g/mol. The van der Waals surface area contributed by atoms with Crippen molar-refractivity contribution < 1.29 is 48.9 Å². The number of hydrogen-bond donors (Lipinski definition) is 0. The minimum absolute atomic E-state index is 0. The first-order valence-electron chi connectivity index (χ1n) is 11.1. The normalized spacial score (nSPS) is 11.6. The Balaban J connectivity index is 0.00000408. The van der Waals surface area contributed by atoms with Gasteiger partial charge >= 0.3 is 29.6 Å². The van der Waals surface area contributed by atoms with Crippen LogP contribution in [-0.4, -0.2) is 54.4 Å². The Morgan fingerprint density at radius 3 is 2.12 bits per heavy atom. The van der Waals surface area contributed by atoms with Crippen molar-refractivity contribution >= 4 is 11.8 Å². The predicted molar refractivity (Wildman–Crippen MR) is 127 cm³/mol. The van der Waals surface area contributed by atoms with Crippen LogP contribution < -0.4 is 39.6 Å². The summed E-state index contributed by atoms with van der Waals surface area (Å²) < 4.78 is 10.8. The molecule has 0 fully saturated rings. The largest absolute Gasteiger partial charge is 1.00 e. The number of carbonyl (C=O) groups is 1. The first kappa shape index (κ1) is 28.0. The van der Waals surface area contributed by atoms with Gasteiger partial charge in [0.2, 0.25) is 0 Å². The van der Waals surface area contributed by atoms with Crippen LogP contribution in [0, 0.1) is 0 Å². The van der Waals surface area contributed by atoms with E-state index in [1.54, 1.807) is 6.20 Å². The molecule has 3 rings (SSSR count). The van der Waals surface area contributed by atoms with Crippen LogP contribution in [0.2, 0.25) is 0 Å². The Labute approximate surface area is 223 Å². The molecule has 1 heterocycles. The molecule has 0 amide bonds. The summed E-state index contributed by atoms with van der Waals surface area (Å²) in [5.41, 5.74) is 3.68. The second-order valence-electron chi connectivity index (χ2n) is 8.01. The molecule has 0 N–H and O–H groups in total. The van der Waals surface area contributed by atoms with Gasteiger partial charge in [-0.1, -0.05) is 60.7 Å². The number of nitrogens with zero attached hydrogens (tertiary/aromatic N) is 3. The Hall–Kier alpha value is -2.29. The number of benzene rings is 2. The zero-order valence-corrected chi connectivity index (χ0v) is 22.3. The first-order chi connectivity index (χ1) is 16.0. The van der Waals surface area contributed by atoms with E-state index >= 15 is 0 Å². The molecule has 0 aliphatic carbocycles. The minimum Gasteiger partial charge on any atom is -0.548 e. The summed E-state index contributed by atoms with van der Waals surface area (Å²) in [5.74, 6) is -0.465. The van der Waals surface area contributed by atoms with Crippen LogP contribution in [-0.2, 0) is 14.3 Å². The molecule has 174 valence electrons. The van der Waals surface area contributed by atoms with Gasteiger partial charge in [0, 0.05) is 23.7 Å². The summed E-state index contributed by atoms with van der Waals surface area (Å²) in [6, 6.07) is 20.3. The minimum atomic E-state index is -1.24. The van der Waals surface area contributed by atoms with Crippen molar-refractivity contribution in [3.63, 3.8) is 0 Å². The van der Waals surface area contributed by atoms with E-state index in [2.05, 4.69) is 18.7 Å². The standard InChI is InChI=1S/C26H31N3O4.Na/c1-19(2)29(14-15-33-20(3)17-32-18-24(30)31)23-16-27-25(21-10-6-4-7-11-21)26(28-23)22-12-8-5-9-13-22;/h4-13,16,19-20H,14-15,17-18H2,1-3H3,(H,30,31);/q;+1/p-1/t20-;/m1./s1. The summed E-state index contributed by atoms with van der Waals surface area (Å²) in [6.07, 6.45) is 1.58. The molecule has 0 spiro atoms. The van der Waals surface area contributed by atoms with E-state index in [-0.39, 0.29) is 48.3 Å². The molecule has 0 saturated carbocycles. The fourth-order valence-corrected chi connectivity index (χ4v) is 3.47. The second kappa shape index (κ2) is 14.2. The average Bonchev–Trinajstić information content (AvgIpc) is 2.82. The van der Waals surface area contributed by atoms with Crippen molar-refractivity contribution in [3.8, 4) is 22.5 Å². The molecule has 2 aromatic carbocycles. The van der Waals surface area contributed by atoms with Crippen molar-refractivity contribution in [2.24, 2.45) is 0 Å². The van der Waals surface area contributed by atoms with Crippen molar-refractivity contribution in [1.82, 2.24) is 9.97 Å². The van der Waals surface area contributed by atoms with Gasteiger partial charge in [0.25, 0.3) is 0 Å². The number of hydrogen-bond acceptors (Lipinski definition) is 7. The van der Waals surface area contributed by atoms with Gasteiger partial charge in [0.05, 0.1) is 49.5 Å². The summed E-state index contributed by atoms with van der Waals surface area (Å²) in [7, 11) is 0. The molecular formula is C26H30N3NaO4. The van der Waals surface area contributed by atoms with Crippen LogP contribution in [0.15, 0.2) is 66.9 Å². The monoisotopic (exact) mass is 471 g/mol. The maximum atomic E-state index is 10.5. The molecule has 0 radical (unpaired) electrons. The smallest absolute Gasteiger partial charge is 0.548 e. The fraction of sp³-hybridized carbons (Fsp3) is 0.346. The van der Waals surface area contributed by atoms with E-state index in [0.29, 0.717) is 13.2 Å². The van der Waals surface area contributed by atoms with Crippen LogP contribution in [0.3, 0.4) is 0 Å². The van der Waals surface area contributed by atoms with E-state index in [1.165, 1.54) is 0 Å². The quantitative estimate of drug-likeness (QED) is 0.349. The summed E-state index contributed by atoms with van der Waals surface area (Å²) in [5, 5.41) is 10.5. The molecule has 0 saturated heterocycles. The topological polar surface area (TPSA) is 87.6 Å². The Kier molecular flexibility index (Phi) is 11.7. The van der Waals surface area contributed by atoms with E-state index in [4.69, 9.17) is 19.4 Å². The van der Waals surface area contributed by atoms with Gasteiger partial charge in [0.15, 0.2) is 0 Å². The summed E-state index contributed by atoms with van der Waals surface area (Å²) in [6.45, 7) is 6.85. The molecule has 0 bridgehead atoms. The number of ether oxygens (including phenoxy) is 2. The molecule has 1 aromatic heterocycles. The molecule has 0 unspecified atom stereocenters. The van der Waals surface area contributed by atoms with E-state index in [1.807, 2.05) is 67.6 Å². The van der Waals surface area contributed by atoms with Gasteiger partial charge in [0.1, 0.15) is 5.82 Å². The Morgan fingerprint density at radius 2 is 1.56 bits per heavy atom. The molecule has 8 heteroatoms. The number of anilines is 1. The van der Waals surface area contributed by atoms with Gasteiger partial charge in [-0.3, -0.25) is 4.98 Å². The van der Waals surface area contributed by atoms with E-state index in [9.17, 15) is 9.90 Å². The number of rotatable bonds is 12. The van der Waals surface area contributed by atoms with Gasteiger partial charge in [-0.25, -0.2) is 4.98 Å². The summed E-state index contributed by atoms with van der Waals surface area (Å²) >= 11 is 0. The number of carbonyl (C=O) groups excluding carboxylic acids is 1. The number of carboxylic acids is 1. The zero-order chi connectivity index (χ0) is 23.6. The second-order valence-corrected chi connectivity index (χ2v) is 8.01. The maximum Gasteiger partial charge on any atom is 1.00 e. The van der Waals surface area contributed by atoms with Crippen molar-refractivity contribution in [1.29, 1.82) is 0 Å². The summed E-state index contributed by atoms with van der Waals surface area (Å²) in [4.78, 5) is 22.4. The third kappa shape index (κ3) is 8.18. The molecule has 1 atom stereocenters. The third-order valence-electron chi connectivity index (χ3n) is 5.08. The SMILES string of the molecule is CC(C)N(CCO[C@H](C)COCC(=O)[O-])c1cnc(-c2ccccc2)c(-c2ccccc2)n1.[Na+]. The molecule has 7 nitrogen and oxygen atoms in total. The van der Waals surface area contributed by atoms with Gasteiger partial charge in [-0.15, -0.1) is 0 Å². The van der Waals surface area contributed by atoms with Crippen molar-refractivity contribution in [3.05, 3.63) is 66.9 Å². The fourth-order valence-electron chi connectivity index (χ4n) is 3.47. The molecule has 0 aliphatic heterocycles. The van der Waals surface area contributed by atoms with Gasteiger partial charge in [-0.2, -0.15) is 0 Å². The van der Waals surface area contributed by atoms with Crippen LogP contribution >= 0.6 is 0 Å². The Bertz CT molecular complexity index is 1020. The molecular weight excluding hydrogens is 441 g/mol. The van der Waals surface area contributed by atoms with Crippen molar-refractivity contribution in [2.45, 2.75) is 32.9 Å². The maximum absolute atomic E-state index is 10.5. The van der Waals surface area contributed by atoms with Gasteiger partial charge < -0.3 is 24.3 Å². The molecule has 34 heavy (non-hydrogen) atoms. The number of aromatic nitrogens is 2. The number of carboxylic acid groups (broad SMARTS) is 1. The Morgan fingerprint density at radius 1 is 0.971 bits per heavy atom. The van der Waals surface area contributed by atoms with Crippen LogP contribution in [0.5, 0.6) is 0 Å². The zero-order valence-electron chi connectivity index (χ0n) is 20.3. The van der Waals surface area contributed by atoms with Crippen LogP contribution in [0.4, 0.5) is 5.82 Å².